The van der Waals surface area contributed by atoms with Crippen molar-refractivity contribution in [3.63, 3.8) is 0 Å². The minimum absolute atomic E-state index is 0.128. The summed E-state index contributed by atoms with van der Waals surface area (Å²) in [6.07, 6.45) is 1.37. The van der Waals surface area contributed by atoms with Crippen molar-refractivity contribution in [1.82, 2.24) is 29.5 Å². The van der Waals surface area contributed by atoms with Crippen LogP contribution in [0.15, 0.2) is 33.4 Å². The van der Waals surface area contributed by atoms with Crippen LogP contribution in [0.4, 0.5) is 0 Å². The van der Waals surface area contributed by atoms with E-state index >= 15 is 0 Å². The Morgan fingerprint density at radius 3 is 2.62 bits per heavy atom. The van der Waals surface area contributed by atoms with E-state index in [0.29, 0.717) is 36.5 Å². The monoisotopic (exact) mass is 370 g/mol. The van der Waals surface area contributed by atoms with Gasteiger partial charge < -0.3 is 4.74 Å². The van der Waals surface area contributed by atoms with Gasteiger partial charge in [-0.15, -0.1) is 5.10 Å². The van der Waals surface area contributed by atoms with Crippen molar-refractivity contribution < 1.29 is 13.2 Å². The maximum absolute atomic E-state index is 12.5. The molecule has 1 aliphatic heterocycles. The van der Waals surface area contributed by atoms with Gasteiger partial charge in [0.15, 0.2) is 0 Å². The van der Waals surface area contributed by atoms with E-state index in [1.165, 1.54) is 22.3 Å². The number of nitrogens with zero attached hydrogens (tertiary/aromatic N) is 6. The summed E-state index contributed by atoms with van der Waals surface area (Å²) in [5.41, 5.74) is 0. The van der Waals surface area contributed by atoms with Gasteiger partial charge in [0.1, 0.15) is 9.92 Å². The second-order valence-electron chi connectivity index (χ2n) is 5.45. The topological polar surface area (TPSA) is 103 Å². The molecule has 24 heavy (non-hydrogen) atoms. The molecular formula is C13H18N6O3S2. The van der Waals surface area contributed by atoms with E-state index in [1.54, 1.807) is 16.8 Å². The van der Waals surface area contributed by atoms with Gasteiger partial charge in [-0.2, -0.15) is 4.31 Å². The number of hydrogen-bond acceptors (Lipinski definition) is 8. The Morgan fingerprint density at radius 1 is 1.25 bits per heavy atom. The molecule has 3 heterocycles. The zero-order chi connectivity index (χ0) is 17.2. The van der Waals surface area contributed by atoms with Crippen LogP contribution in [0.2, 0.25) is 0 Å². The van der Waals surface area contributed by atoms with E-state index in [9.17, 15) is 8.42 Å². The smallest absolute Gasteiger partial charge is 0.244 e. The van der Waals surface area contributed by atoms with Crippen molar-refractivity contribution in [3.05, 3.63) is 18.3 Å². The van der Waals surface area contributed by atoms with Crippen LogP contribution < -0.4 is 0 Å². The molecular weight excluding hydrogens is 352 g/mol. The van der Waals surface area contributed by atoms with Crippen LogP contribution in [0.1, 0.15) is 19.9 Å². The first-order valence-electron chi connectivity index (χ1n) is 7.48. The predicted octanol–water partition coefficient (Wildman–Crippen LogP) is 0.821. The first-order valence-corrected chi connectivity index (χ1v) is 9.74. The number of pyridine rings is 1. The van der Waals surface area contributed by atoms with Gasteiger partial charge in [0.2, 0.25) is 15.2 Å². The average molecular weight is 370 g/mol. The number of rotatable bonds is 5. The average Bonchev–Trinajstić information content (AvgIpc) is 3.04. The molecule has 0 aromatic carbocycles. The molecule has 0 radical (unpaired) electrons. The van der Waals surface area contributed by atoms with Crippen molar-refractivity contribution in [3.8, 4) is 0 Å². The predicted molar refractivity (Wildman–Crippen MR) is 86.1 cm³/mol. The Hall–Kier alpha value is -1.56. The van der Waals surface area contributed by atoms with Crippen LogP contribution in [0, 0.1) is 0 Å². The number of aromatic nitrogens is 5. The quantitative estimate of drug-likeness (QED) is 0.762. The summed E-state index contributed by atoms with van der Waals surface area (Å²) < 4.78 is 33.4. The molecule has 0 atom stereocenters. The fraction of sp³-hybridized carbons (Fsp3) is 0.538. The molecule has 0 amide bonds. The molecule has 1 saturated heterocycles. The lowest BCUT2D eigenvalue weighted by atomic mass is 10.4. The van der Waals surface area contributed by atoms with Crippen molar-refractivity contribution in [2.45, 2.75) is 35.0 Å². The maximum atomic E-state index is 12.5. The van der Waals surface area contributed by atoms with Crippen LogP contribution in [-0.2, 0) is 14.8 Å². The summed E-state index contributed by atoms with van der Waals surface area (Å²) in [5.74, 6) is 0. The number of sulfonamides is 1. The molecule has 3 rings (SSSR count). The van der Waals surface area contributed by atoms with E-state index in [4.69, 9.17) is 4.74 Å². The highest BCUT2D eigenvalue weighted by Gasteiger charge is 2.26. The Bertz CT molecular complexity index is 784. The van der Waals surface area contributed by atoms with Crippen LogP contribution in [0.3, 0.4) is 0 Å². The van der Waals surface area contributed by atoms with Crippen LogP contribution in [-0.4, -0.2) is 64.2 Å². The summed E-state index contributed by atoms with van der Waals surface area (Å²) in [6.45, 7) is 5.51. The molecule has 2 aromatic heterocycles. The molecule has 1 aliphatic rings. The Balaban J connectivity index is 1.76. The summed E-state index contributed by atoms with van der Waals surface area (Å²) in [4.78, 5) is 4.41. The first kappa shape index (κ1) is 17.3. The SMILES string of the molecule is CC(C)n1nnnc1Sc1ccc(S(=O)(=O)N2CCOCC2)cn1. The minimum Gasteiger partial charge on any atom is -0.379 e. The second-order valence-corrected chi connectivity index (χ2v) is 8.38. The molecule has 130 valence electrons. The Labute approximate surface area is 144 Å². The molecule has 0 bridgehead atoms. The lowest BCUT2D eigenvalue weighted by Gasteiger charge is -2.25. The Morgan fingerprint density at radius 2 is 2.00 bits per heavy atom. The number of morpholine rings is 1. The van der Waals surface area contributed by atoms with E-state index in [1.807, 2.05) is 13.8 Å². The largest absolute Gasteiger partial charge is 0.379 e. The van der Waals surface area contributed by atoms with Gasteiger partial charge >= 0.3 is 0 Å². The van der Waals surface area contributed by atoms with Crippen LogP contribution in [0.5, 0.6) is 0 Å². The molecule has 2 aromatic rings. The lowest BCUT2D eigenvalue weighted by Crippen LogP contribution is -2.40. The number of tetrazole rings is 1. The van der Waals surface area contributed by atoms with E-state index in [-0.39, 0.29) is 10.9 Å². The summed E-state index contributed by atoms with van der Waals surface area (Å²) in [6, 6.07) is 3.35. The third kappa shape index (κ3) is 3.58. The van der Waals surface area contributed by atoms with Gasteiger partial charge in [-0.3, -0.25) is 0 Å². The van der Waals surface area contributed by atoms with Gasteiger partial charge in [0.25, 0.3) is 0 Å². The zero-order valence-electron chi connectivity index (χ0n) is 13.4. The molecule has 9 nitrogen and oxygen atoms in total. The number of hydrogen-bond donors (Lipinski definition) is 0. The van der Waals surface area contributed by atoms with Gasteiger partial charge in [-0.05, 0) is 48.2 Å². The molecule has 0 spiro atoms. The molecule has 0 saturated carbocycles. The van der Waals surface area contributed by atoms with E-state index in [2.05, 4.69) is 20.5 Å². The minimum atomic E-state index is -3.53. The fourth-order valence-electron chi connectivity index (χ4n) is 2.19. The Kier molecular flexibility index (Phi) is 5.13. The first-order chi connectivity index (χ1) is 11.5. The van der Waals surface area contributed by atoms with Gasteiger partial charge in [-0.1, -0.05) is 0 Å². The van der Waals surface area contributed by atoms with Crippen molar-refractivity contribution >= 4 is 21.8 Å². The number of ether oxygens (including phenoxy) is 1. The highest BCUT2D eigenvalue weighted by molar-refractivity contribution is 7.99. The molecule has 0 unspecified atom stereocenters. The van der Waals surface area contributed by atoms with Gasteiger partial charge in [0.05, 0.1) is 19.3 Å². The van der Waals surface area contributed by atoms with Crippen LogP contribution in [0.25, 0.3) is 0 Å². The fourth-order valence-corrected chi connectivity index (χ4v) is 4.39. The summed E-state index contributed by atoms with van der Waals surface area (Å²) >= 11 is 1.29. The van der Waals surface area contributed by atoms with Crippen molar-refractivity contribution in [2.24, 2.45) is 0 Å². The second kappa shape index (κ2) is 7.13. The van der Waals surface area contributed by atoms with Crippen LogP contribution >= 0.6 is 11.8 Å². The highest BCUT2D eigenvalue weighted by atomic mass is 32.2. The third-order valence-corrected chi connectivity index (χ3v) is 6.25. The molecule has 11 heteroatoms. The van der Waals surface area contributed by atoms with Crippen molar-refractivity contribution in [2.75, 3.05) is 26.3 Å². The molecule has 1 fully saturated rings. The zero-order valence-corrected chi connectivity index (χ0v) is 15.0. The summed E-state index contributed by atoms with van der Waals surface area (Å²) in [7, 11) is -3.53. The third-order valence-electron chi connectivity index (χ3n) is 3.46. The normalized spacial score (nSPS) is 16.6. The standard InChI is InChI=1S/C13H18N6O3S2/c1-10(2)19-13(15-16-17-19)23-12-4-3-11(9-14-12)24(20,21)18-5-7-22-8-6-18/h3-4,9-10H,5-8H2,1-2H3. The van der Waals surface area contributed by atoms with E-state index in [0.717, 1.165) is 0 Å². The molecule has 0 aliphatic carbocycles. The highest BCUT2D eigenvalue weighted by Crippen LogP contribution is 2.26. The van der Waals surface area contributed by atoms with Gasteiger partial charge in [0, 0.05) is 19.3 Å². The van der Waals surface area contributed by atoms with E-state index < -0.39 is 10.0 Å². The maximum Gasteiger partial charge on any atom is 0.244 e. The molecule has 0 N–H and O–H groups in total. The lowest BCUT2D eigenvalue weighted by molar-refractivity contribution is 0.0730. The summed E-state index contributed by atoms with van der Waals surface area (Å²) in [5, 5.41) is 12.8. The van der Waals surface area contributed by atoms with Crippen molar-refractivity contribution in [1.29, 1.82) is 0 Å². The van der Waals surface area contributed by atoms with Gasteiger partial charge in [-0.25, -0.2) is 18.1 Å².